The summed E-state index contributed by atoms with van der Waals surface area (Å²) in [5, 5.41) is 12.2. The summed E-state index contributed by atoms with van der Waals surface area (Å²) in [6.07, 6.45) is 0. The minimum Gasteiger partial charge on any atom is -0.481 e. The van der Waals surface area contributed by atoms with E-state index in [4.69, 9.17) is 5.11 Å². The summed E-state index contributed by atoms with van der Waals surface area (Å²) in [6, 6.07) is 15.3. The first-order valence-corrected chi connectivity index (χ1v) is 6.71. The predicted octanol–water partition coefficient (Wildman–Crippen LogP) is 4.38. The van der Waals surface area contributed by atoms with Gasteiger partial charge in [0.25, 0.3) is 0 Å². The van der Waals surface area contributed by atoms with Crippen molar-refractivity contribution in [1.82, 2.24) is 0 Å². The van der Waals surface area contributed by atoms with E-state index in [9.17, 15) is 4.79 Å². The zero-order chi connectivity index (χ0) is 13.8. The highest BCUT2D eigenvalue weighted by Crippen LogP contribution is 2.22. The van der Waals surface area contributed by atoms with Crippen LogP contribution in [0.15, 0.2) is 53.0 Å². The molecule has 1 unspecified atom stereocenters. The van der Waals surface area contributed by atoms with E-state index in [0.717, 1.165) is 21.4 Å². The number of carbonyl (C=O) groups is 1. The van der Waals surface area contributed by atoms with Crippen LogP contribution in [0.5, 0.6) is 0 Å². The number of nitrogens with one attached hydrogen (secondary N) is 1. The summed E-state index contributed by atoms with van der Waals surface area (Å²) in [4.78, 5) is 10.9. The van der Waals surface area contributed by atoms with Crippen molar-refractivity contribution in [2.45, 2.75) is 12.8 Å². The lowest BCUT2D eigenvalue weighted by atomic mass is 10.0. The topological polar surface area (TPSA) is 49.3 Å². The molecule has 1 atom stereocenters. The molecule has 2 aromatic carbocycles. The molecule has 0 radical (unpaired) electrons. The molecule has 0 aliphatic rings. The van der Waals surface area contributed by atoms with E-state index in [1.165, 1.54) is 0 Å². The van der Waals surface area contributed by atoms with Gasteiger partial charge in [-0.15, -0.1) is 0 Å². The lowest BCUT2D eigenvalue weighted by molar-refractivity contribution is -0.138. The fourth-order valence-corrected chi connectivity index (χ4v) is 1.96. The molecule has 2 rings (SSSR count). The molecule has 3 nitrogen and oxygen atoms in total. The molecular weight excluding hydrogens is 306 g/mol. The second-order valence-electron chi connectivity index (χ2n) is 4.31. The van der Waals surface area contributed by atoms with Crippen LogP contribution >= 0.6 is 15.9 Å². The normalized spacial score (nSPS) is 11.9. The first kappa shape index (κ1) is 13.6. The molecule has 0 spiro atoms. The molecule has 0 aromatic heterocycles. The Hall–Kier alpha value is -1.81. The minimum absolute atomic E-state index is 0.485. The highest BCUT2D eigenvalue weighted by Gasteiger charge is 2.12. The number of hydrogen-bond acceptors (Lipinski definition) is 2. The van der Waals surface area contributed by atoms with E-state index in [1.807, 2.05) is 48.5 Å². The lowest BCUT2D eigenvalue weighted by Gasteiger charge is -2.09. The lowest BCUT2D eigenvalue weighted by Crippen LogP contribution is -2.07. The molecule has 0 heterocycles. The van der Waals surface area contributed by atoms with E-state index in [2.05, 4.69) is 21.2 Å². The van der Waals surface area contributed by atoms with Crippen molar-refractivity contribution < 1.29 is 9.90 Å². The Bertz CT molecular complexity index is 564. The molecular formula is C15H14BrNO2. The van der Waals surface area contributed by atoms with Gasteiger partial charge < -0.3 is 10.4 Å². The molecule has 0 aliphatic heterocycles. The van der Waals surface area contributed by atoms with E-state index in [1.54, 1.807) is 6.92 Å². The molecule has 0 saturated carbocycles. The van der Waals surface area contributed by atoms with Crippen LogP contribution in [-0.2, 0) is 4.79 Å². The number of aliphatic carboxylic acids is 1. The van der Waals surface area contributed by atoms with Crippen molar-refractivity contribution in [3.05, 3.63) is 58.6 Å². The quantitative estimate of drug-likeness (QED) is 0.879. The van der Waals surface area contributed by atoms with Crippen LogP contribution in [0.3, 0.4) is 0 Å². The molecule has 98 valence electrons. The van der Waals surface area contributed by atoms with Gasteiger partial charge in [0.1, 0.15) is 0 Å². The van der Waals surface area contributed by atoms with E-state index >= 15 is 0 Å². The van der Waals surface area contributed by atoms with Gasteiger partial charge in [0.05, 0.1) is 5.92 Å². The highest BCUT2D eigenvalue weighted by atomic mass is 79.9. The van der Waals surface area contributed by atoms with Crippen LogP contribution in [0, 0.1) is 0 Å². The van der Waals surface area contributed by atoms with Crippen molar-refractivity contribution in [3.8, 4) is 0 Å². The fraction of sp³-hybridized carbons (Fsp3) is 0.133. The molecule has 0 saturated heterocycles. The molecule has 19 heavy (non-hydrogen) atoms. The van der Waals surface area contributed by atoms with Gasteiger partial charge in [-0.25, -0.2) is 0 Å². The zero-order valence-electron chi connectivity index (χ0n) is 10.4. The number of anilines is 2. The second kappa shape index (κ2) is 5.89. The van der Waals surface area contributed by atoms with E-state index < -0.39 is 11.9 Å². The van der Waals surface area contributed by atoms with Crippen molar-refractivity contribution in [2.75, 3.05) is 5.32 Å². The Kier molecular flexibility index (Phi) is 4.22. The summed E-state index contributed by atoms with van der Waals surface area (Å²) in [5.74, 6) is -1.30. The summed E-state index contributed by atoms with van der Waals surface area (Å²) < 4.78 is 1.03. The third kappa shape index (κ3) is 3.58. The monoisotopic (exact) mass is 319 g/mol. The average molecular weight is 320 g/mol. The molecule has 0 bridgehead atoms. The summed E-state index contributed by atoms with van der Waals surface area (Å²) in [6.45, 7) is 1.68. The number of halogens is 1. The predicted molar refractivity (Wildman–Crippen MR) is 79.9 cm³/mol. The number of rotatable bonds is 4. The maximum atomic E-state index is 10.9. The molecule has 0 amide bonds. The molecule has 0 fully saturated rings. The number of carboxylic acids is 1. The Morgan fingerprint density at radius 3 is 2.00 bits per heavy atom. The van der Waals surface area contributed by atoms with E-state index in [-0.39, 0.29) is 0 Å². The van der Waals surface area contributed by atoms with Crippen molar-refractivity contribution in [3.63, 3.8) is 0 Å². The van der Waals surface area contributed by atoms with Crippen LogP contribution in [0.4, 0.5) is 11.4 Å². The second-order valence-corrected chi connectivity index (χ2v) is 5.23. The molecule has 4 heteroatoms. The third-order valence-corrected chi connectivity index (χ3v) is 3.44. The molecule has 2 N–H and O–H groups in total. The minimum atomic E-state index is -0.811. The number of carboxylic acid groups (broad SMARTS) is 1. The average Bonchev–Trinajstić information content (AvgIpc) is 2.41. The van der Waals surface area contributed by atoms with Crippen molar-refractivity contribution in [2.24, 2.45) is 0 Å². The summed E-state index contributed by atoms with van der Waals surface area (Å²) in [7, 11) is 0. The third-order valence-electron chi connectivity index (χ3n) is 2.91. The maximum Gasteiger partial charge on any atom is 0.310 e. The van der Waals surface area contributed by atoms with Gasteiger partial charge in [-0.05, 0) is 48.9 Å². The highest BCUT2D eigenvalue weighted by molar-refractivity contribution is 9.10. The SMILES string of the molecule is CC(C(=O)O)c1ccc(Nc2ccc(Br)cc2)cc1. The van der Waals surface area contributed by atoms with Gasteiger partial charge >= 0.3 is 5.97 Å². The van der Waals surface area contributed by atoms with Gasteiger partial charge in [-0.3, -0.25) is 4.79 Å². The van der Waals surface area contributed by atoms with Gasteiger partial charge in [0.15, 0.2) is 0 Å². The van der Waals surface area contributed by atoms with E-state index in [0.29, 0.717) is 0 Å². The number of benzene rings is 2. The number of hydrogen-bond donors (Lipinski definition) is 2. The largest absolute Gasteiger partial charge is 0.481 e. The summed E-state index contributed by atoms with van der Waals surface area (Å²) in [5.41, 5.74) is 2.72. The first-order valence-electron chi connectivity index (χ1n) is 5.91. The zero-order valence-corrected chi connectivity index (χ0v) is 12.0. The van der Waals surface area contributed by atoms with Crippen LogP contribution in [0.1, 0.15) is 18.4 Å². The summed E-state index contributed by atoms with van der Waals surface area (Å²) >= 11 is 3.39. The van der Waals surface area contributed by atoms with Crippen LogP contribution < -0.4 is 5.32 Å². The van der Waals surface area contributed by atoms with Crippen LogP contribution in [0.25, 0.3) is 0 Å². The maximum absolute atomic E-state index is 10.9. The first-order chi connectivity index (χ1) is 9.06. The Morgan fingerprint density at radius 1 is 1.05 bits per heavy atom. The van der Waals surface area contributed by atoms with Gasteiger partial charge in [0, 0.05) is 15.8 Å². The van der Waals surface area contributed by atoms with Crippen LogP contribution in [-0.4, -0.2) is 11.1 Å². The Balaban J connectivity index is 2.10. The van der Waals surface area contributed by atoms with Crippen molar-refractivity contribution >= 4 is 33.3 Å². The standard InChI is InChI=1S/C15H14BrNO2/c1-10(15(18)19)11-2-6-13(7-3-11)17-14-8-4-12(16)5-9-14/h2-10,17H,1H3,(H,18,19). The van der Waals surface area contributed by atoms with Gasteiger partial charge in [-0.1, -0.05) is 28.1 Å². The van der Waals surface area contributed by atoms with Crippen LogP contribution in [0.2, 0.25) is 0 Å². The fourth-order valence-electron chi connectivity index (χ4n) is 1.70. The van der Waals surface area contributed by atoms with Gasteiger partial charge in [-0.2, -0.15) is 0 Å². The smallest absolute Gasteiger partial charge is 0.310 e. The van der Waals surface area contributed by atoms with Crippen molar-refractivity contribution in [1.29, 1.82) is 0 Å². The Labute approximate surface area is 120 Å². The molecule has 2 aromatic rings. The molecule has 0 aliphatic carbocycles. The van der Waals surface area contributed by atoms with Gasteiger partial charge in [0.2, 0.25) is 0 Å². The Morgan fingerprint density at radius 2 is 1.53 bits per heavy atom.